The Labute approximate surface area is 86.2 Å². The zero-order chi connectivity index (χ0) is 10.8. The lowest BCUT2D eigenvalue weighted by Crippen LogP contribution is -2.50. The van der Waals surface area contributed by atoms with Gasteiger partial charge < -0.3 is 10.2 Å². The second-order valence-electron chi connectivity index (χ2n) is 4.96. The van der Waals surface area contributed by atoms with Crippen LogP contribution in [0, 0.1) is 0 Å². The van der Waals surface area contributed by atoms with Crippen LogP contribution < -0.4 is 5.32 Å². The molecule has 1 aliphatic heterocycles. The van der Waals surface area contributed by atoms with Gasteiger partial charge in [-0.05, 0) is 33.6 Å². The highest BCUT2D eigenvalue weighted by atomic mass is 16.2. The van der Waals surface area contributed by atoms with Crippen LogP contribution in [0.15, 0.2) is 12.2 Å². The first kappa shape index (κ1) is 11.1. The van der Waals surface area contributed by atoms with Gasteiger partial charge >= 0.3 is 6.03 Å². The van der Waals surface area contributed by atoms with Gasteiger partial charge in [-0.1, -0.05) is 12.2 Å². The molecule has 1 aliphatic rings. The number of hydrogen-bond acceptors (Lipinski definition) is 1. The molecule has 1 fully saturated rings. The normalized spacial score (nSPS) is 18.2. The van der Waals surface area contributed by atoms with E-state index in [1.54, 1.807) is 0 Å². The maximum Gasteiger partial charge on any atom is 0.318 e. The average molecular weight is 196 g/mol. The molecule has 0 saturated carbocycles. The Bertz CT molecular complexity index is 240. The summed E-state index contributed by atoms with van der Waals surface area (Å²) in [6, 6.07) is 0.0263. The van der Waals surface area contributed by atoms with E-state index in [4.69, 9.17) is 0 Å². The van der Waals surface area contributed by atoms with Gasteiger partial charge in [0.15, 0.2) is 0 Å². The molecule has 0 aromatic rings. The van der Waals surface area contributed by atoms with Crippen molar-refractivity contribution in [2.24, 2.45) is 0 Å². The van der Waals surface area contributed by atoms with Crippen molar-refractivity contribution in [2.45, 2.75) is 39.2 Å². The molecule has 0 radical (unpaired) electrons. The molecule has 0 unspecified atom stereocenters. The van der Waals surface area contributed by atoms with Crippen molar-refractivity contribution in [1.29, 1.82) is 0 Å². The van der Waals surface area contributed by atoms with E-state index in [2.05, 4.69) is 11.9 Å². The molecule has 2 amide bonds. The SMILES string of the molecule is C=C1CCCN(C(=O)NC(C)(C)C)C1. The molecule has 0 aromatic heterocycles. The highest BCUT2D eigenvalue weighted by Gasteiger charge is 2.21. The van der Waals surface area contributed by atoms with Crippen LogP contribution in [0.1, 0.15) is 33.6 Å². The van der Waals surface area contributed by atoms with Crippen LogP contribution in [-0.2, 0) is 0 Å². The molecule has 0 aromatic carbocycles. The standard InChI is InChI=1S/C11H20N2O/c1-9-6-5-7-13(8-9)10(14)12-11(2,3)4/h1,5-8H2,2-4H3,(H,12,14). The summed E-state index contributed by atoms with van der Waals surface area (Å²) in [7, 11) is 0. The molecule has 14 heavy (non-hydrogen) atoms. The third-order valence-corrected chi connectivity index (χ3v) is 2.14. The molecule has 1 rings (SSSR count). The molecular weight excluding hydrogens is 176 g/mol. The third-order valence-electron chi connectivity index (χ3n) is 2.14. The van der Waals surface area contributed by atoms with Gasteiger partial charge in [-0.2, -0.15) is 0 Å². The fraction of sp³-hybridized carbons (Fsp3) is 0.727. The Morgan fingerprint density at radius 2 is 2.14 bits per heavy atom. The summed E-state index contributed by atoms with van der Waals surface area (Å²) < 4.78 is 0. The smallest absolute Gasteiger partial charge is 0.318 e. The highest BCUT2D eigenvalue weighted by molar-refractivity contribution is 5.75. The van der Waals surface area contributed by atoms with Crippen LogP contribution in [0.4, 0.5) is 4.79 Å². The molecule has 0 aliphatic carbocycles. The highest BCUT2D eigenvalue weighted by Crippen LogP contribution is 2.14. The molecule has 3 nitrogen and oxygen atoms in total. The zero-order valence-electron chi connectivity index (χ0n) is 9.39. The van der Waals surface area contributed by atoms with Gasteiger partial charge in [0, 0.05) is 18.6 Å². The van der Waals surface area contributed by atoms with Crippen molar-refractivity contribution in [2.75, 3.05) is 13.1 Å². The minimum atomic E-state index is -0.157. The summed E-state index contributed by atoms with van der Waals surface area (Å²) in [5.41, 5.74) is 0.996. The van der Waals surface area contributed by atoms with Crippen molar-refractivity contribution >= 4 is 6.03 Å². The number of rotatable bonds is 0. The van der Waals surface area contributed by atoms with Gasteiger partial charge in [0.1, 0.15) is 0 Å². The monoisotopic (exact) mass is 196 g/mol. The Balaban J connectivity index is 2.48. The molecule has 1 N–H and O–H groups in total. The van der Waals surface area contributed by atoms with Crippen molar-refractivity contribution in [3.05, 3.63) is 12.2 Å². The molecule has 1 saturated heterocycles. The summed E-state index contributed by atoms with van der Waals surface area (Å²) in [4.78, 5) is 13.6. The largest absolute Gasteiger partial charge is 0.333 e. The second kappa shape index (κ2) is 4.03. The van der Waals surface area contributed by atoms with Crippen LogP contribution in [0.25, 0.3) is 0 Å². The third kappa shape index (κ3) is 3.40. The fourth-order valence-electron chi connectivity index (χ4n) is 1.52. The van der Waals surface area contributed by atoms with Gasteiger partial charge in [-0.3, -0.25) is 0 Å². The molecule has 0 atom stereocenters. The molecule has 1 heterocycles. The number of carbonyl (C=O) groups is 1. The molecular formula is C11H20N2O. The topological polar surface area (TPSA) is 32.3 Å². The summed E-state index contributed by atoms with van der Waals surface area (Å²) in [6.07, 6.45) is 2.09. The lowest BCUT2D eigenvalue weighted by Gasteiger charge is -2.31. The van der Waals surface area contributed by atoms with Crippen molar-refractivity contribution in [3.8, 4) is 0 Å². The average Bonchev–Trinajstić information content (AvgIpc) is 2.01. The van der Waals surface area contributed by atoms with E-state index < -0.39 is 0 Å². The van der Waals surface area contributed by atoms with Gasteiger partial charge in [0.05, 0.1) is 0 Å². The number of nitrogens with one attached hydrogen (secondary N) is 1. The summed E-state index contributed by atoms with van der Waals surface area (Å²) in [6.45, 7) is 11.4. The Morgan fingerprint density at radius 3 is 2.64 bits per heavy atom. The van der Waals surface area contributed by atoms with Crippen molar-refractivity contribution in [3.63, 3.8) is 0 Å². The number of likely N-dealkylation sites (tertiary alicyclic amines) is 1. The van der Waals surface area contributed by atoms with E-state index in [9.17, 15) is 4.79 Å². The number of urea groups is 1. The quantitative estimate of drug-likeness (QED) is 0.591. The summed E-state index contributed by atoms with van der Waals surface area (Å²) in [5.74, 6) is 0. The molecule has 80 valence electrons. The predicted octanol–water partition coefficient (Wildman–Crippen LogP) is 2.15. The minimum absolute atomic E-state index is 0.0263. The number of amides is 2. The Morgan fingerprint density at radius 1 is 1.50 bits per heavy atom. The number of carbonyl (C=O) groups excluding carboxylic acids is 1. The van der Waals surface area contributed by atoms with Crippen molar-refractivity contribution < 1.29 is 4.79 Å². The lowest BCUT2D eigenvalue weighted by molar-refractivity contribution is 0.187. The Hall–Kier alpha value is -0.990. The fourth-order valence-corrected chi connectivity index (χ4v) is 1.52. The molecule has 0 bridgehead atoms. The van der Waals surface area contributed by atoms with E-state index in [0.29, 0.717) is 6.54 Å². The summed E-state index contributed by atoms with van der Waals surface area (Å²) >= 11 is 0. The van der Waals surface area contributed by atoms with Crippen molar-refractivity contribution in [1.82, 2.24) is 10.2 Å². The number of hydrogen-bond donors (Lipinski definition) is 1. The van der Waals surface area contributed by atoms with E-state index in [1.165, 1.54) is 0 Å². The first-order valence-electron chi connectivity index (χ1n) is 5.12. The van der Waals surface area contributed by atoms with Crippen LogP contribution in [0.5, 0.6) is 0 Å². The van der Waals surface area contributed by atoms with E-state index in [1.807, 2.05) is 25.7 Å². The van der Waals surface area contributed by atoms with Crippen LogP contribution >= 0.6 is 0 Å². The predicted molar refractivity (Wildman–Crippen MR) is 58.2 cm³/mol. The number of nitrogens with zero attached hydrogens (tertiary/aromatic N) is 1. The minimum Gasteiger partial charge on any atom is -0.333 e. The van der Waals surface area contributed by atoms with E-state index in [0.717, 1.165) is 25.0 Å². The lowest BCUT2D eigenvalue weighted by atomic mass is 10.1. The first-order chi connectivity index (χ1) is 6.38. The molecule has 0 spiro atoms. The molecule has 3 heteroatoms. The van der Waals surface area contributed by atoms with Crippen LogP contribution in [0.2, 0.25) is 0 Å². The Kier molecular flexibility index (Phi) is 3.19. The first-order valence-corrected chi connectivity index (χ1v) is 5.12. The zero-order valence-corrected chi connectivity index (χ0v) is 9.39. The maximum absolute atomic E-state index is 11.7. The van der Waals surface area contributed by atoms with E-state index >= 15 is 0 Å². The van der Waals surface area contributed by atoms with Gasteiger partial charge in [0.25, 0.3) is 0 Å². The second-order valence-corrected chi connectivity index (χ2v) is 4.96. The maximum atomic E-state index is 11.7. The van der Waals surface area contributed by atoms with Gasteiger partial charge in [0.2, 0.25) is 0 Å². The summed E-state index contributed by atoms with van der Waals surface area (Å²) in [5, 5.41) is 2.96. The number of piperidine rings is 1. The van der Waals surface area contributed by atoms with Crippen LogP contribution in [0.3, 0.4) is 0 Å². The van der Waals surface area contributed by atoms with E-state index in [-0.39, 0.29) is 11.6 Å². The van der Waals surface area contributed by atoms with Gasteiger partial charge in [-0.15, -0.1) is 0 Å². The van der Waals surface area contributed by atoms with Crippen LogP contribution in [-0.4, -0.2) is 29.6 Å². The van der Waals surface area contributed by atoms with Gasteiger partial charge in [-0.25, -0.2) is 4.79 Å².